The highest BCUT2D eigenvalue weighted by atomic mass is 19.1. The average Bonchev–Trinajstić information content (AvgIpc) is 2.86. The van der Waals surface area contributed by atoms with Gasteiger partial charge in [0.15, 0.2) is 11.6 Å². The third kappa shape index (κ3) is 4.44. The van der Waals surface area contributed by atoms with Crippen molar-refractivity contribution in [1.29, 1.82) is 0 Å². The van der Waals surface area contributed by atoms with Gasteiger partial charge in [0.25, 0.3) is 5.91 Å². The molecule has 128 valence electrons. The summed E-state index contributed by atoms with van der Waals surface area (Å²) in [5.41, 5.74) is 2.66. The van der Waals surface area contributed by atoms with Crippen molar-refractivity contribution >= 4 is 5.91 Å². The Balaban J connectivity index is 2.03. The van der Waals surface area contributed by atoms with Crippen LogP contribution >= 0.6 is 0 Å². The van der Waals surface area contributed by atoms with Crippen molar-refractivity contribution in [3.05, 3.63) is 58.7 Å². The molecule has 6 heteroatoms. The summed E-state index contributed by atoms with van der Waals surface area (Å²) in [6.45, 7) is 6.10. The van der Waals surface area contributed by atoms with Gasteiger partial charge < -0.3 is 10.1 Å². The Morgan fingerprint density at radius 2 is 2.17 bits per heavy atom. The molecule has 0 radical (unpaired) electrons. The van der Waals surface area contributed by atoms with Crippen LogP contribution in [0.5, 0.6) is 5.75 Å². The number of carbonyl (C=O) groups excluding carboxylic acids is 1. The standard InChI is InChI=1S/C18H22FN3O2/c1-12(2)8-9-24-16-7-5-6-14(17(16)19)11-20-18(23)15-10-13(3)21-22(15)4/h5-8,10H,9,11H2,1-4H3,(H,20,23). The number of hydrogen-bond acceptors (Lipinski definition) is 3. The van der Waals surface area contributed by atoms with E-state index in [2.05, 4.69) is 10.4 Å². The number of aryl methyl sites for hydroxylation is 2. The maximum absolute atomic E-state index is 14.4. The van der Waals surface area contributed by atoms with Gasteiger partial charge in [-0.3, -0.25) is 9.48 Å². The Labute approximate surface area is 141 Å². The molecule has 2 aromatic rings. The molecule has 1 heterocycles. The van der Waals surface area contributed by atoms with Crippen LogP contribution < -0.4 is 10.1 Å². The lowest BCUT2D eigenvalue weighted by molar-refractivity contribution is 0.0941. The second-order valence-electron chi connectivity index (χ2n) is 5.80. The lowest BCUT2D eigenvalue weighted by atomic mass is 10.2. The second-order valence-corrected chi connectivity index (χ2v) is 5.80. The molecular weight excluding hydrogens is 309 g/mol. The predicted molar refractivity (Wildman–Crippen MR) is 90.4 cm³/mol. The van der Waals surface area contributed by atoms with Crippen molar-refractivity contribution in [2.45, 2.75) is 27.3 Å². The first-order chi connectivity index (χ1) is 11.4. The summed E-state index contributed by atoms with van der Waals surface area (Å²) in [6, 6.07) is 6.59. The largest absolute Gasteiger partial charge is 0.486 e. The van der Waals surface area contributed by atoms with Crippen LogP contribution in [0.25, 0.3) is 0 Å². The molecule has 0 unspecified atom stereocenters. The zero-order chi connectivity index (χ0) is 17.7. The summed E-state index contributed by atoms with van der Waals surface area (Å²) >= 11 is 0. The van der Waals surface area contributed by atoms with Gasteiger partial charge in [0, 0.05) is 19.2 Å². The minimum absolute atomic E-state index is 0.0781. The van der Waals surface area contributed by atoms with Crippen LogP contribution in [0.15, 0.2) is 35.9 Å². The number of aromatic nitrogens is 2. The molecule has 0 aliphatic heterocycles. The molecule has 2 rings (SSSR count). The van der Waals surface area contributed by atoms with Gasteiger partial charge in [-0.05, 0) is 39.0 Å². The van der Waals surface area contributed by atoms with Gasteiger partial charge in [-0.15, -0.1) is 0 Å². The zero-order valence-corrected chi connectivity index (χ0v) is 14.4. The SMILES string of the molecule is CC(C)=CCOc1cccc(CNC(=O)c2cc(C)nn2C)c1F. The predicted octanol–water partition coefficient (Wildman–Crippen LogP) is 3.14. The van der Waals surface area contributed by atoms with Gasteiger partial charge in [0.1, 0.15) is 12.3 Å². The van der Waals surface area contributed by atoms with Crippen molar-refractivity contribution < 1.29 is 13.9 Å². The molecule has 24 heavy (non-hydrogen) atoms. The Bertz CT molecular complexity index is 762. The smallest absolute Gasteiger partial charge is 0.269 e. The maximum Gasteiger partial charge on any atom is 0.269 e. The Morgan fingerprint density at radius 1 is 1.42 bits per heavy atom. The van der Waals surface area contributed by atoms with E-state index in [0.29, 0.717) is 17.9 Å². The fourth-order valence-corrected chi connectivity index (χ4v) is 2.19. The highest BCUT2D eigenvalue weighted by Crippen LogP contribution is 2.20. The lowest BCUT2D eigenvalue weighted by Gasteiger charge is -2.10. The molecule has 0 saturated heterocycles. The third-order valence-corrected chi connectivity index (χ3v) is 3.45. The maximum atomic E-state index is 14.4. The first-order valence-electron chi connectivity index (χ1n) is 7.71. The number of amides is 1. The Hall–Kier alpha value is -2.63. The fourth-order valence-electron chi connectivity index (χ4n) is 2.19. The Kier molecular flexibility index (Phi) is 5.73. The number of nitrogens with one attached hydrogen (secondary N) is 1. The van der Waals surface area contributed by atoms with Crippen molar-refractivity contribution in [1.82, 2.24) is 15.1 Å². The van der Waals surface area contributed by atoms with E-state index in [4.69, 9.17) is 4.74 Å². The molecule has 5 nitrogen and oxygen atoms in total. The summed E-state index contributed by atoms with van der Waals surface area (Å²) in [7, 11) is 1.69. The number of ether oxygens (including phenoxy) is 1. The number of hydrogen-bond donors (Lipinski definition) is 1. The molecule has 0 fully saturated rings. The number of benzene rings is 1. The topological polar surface area (TPSA) is 56.1 Å². The zero-order valence-electron chi connectivity index (χ0n) is 14.4. The lowest BCUT2D eigenvalue weighted by Crippen LogP contribution is -2.25. The minimum Gasteiger partial charge on any atom is -0.486 e. The molecular formula is C18H22FN3O2. The van der Waals surface area contributed by atoms with Crippen molar-refractivity contribution in [2.75, 3.05) is 6.61 Å². The summed E-state index contributed by atoms with van der Waals surface area (Å²) in [5.74, 6) is -0.579. The first-order valence-corrected chi connectivity index (χ1v) is 7.71. The van der Waals surface area contributed by atoms with Gasteiger partial charge in [0.2, 0.25) is 0 Å². The highest BCUT2D eigenvalue weighted by Gasteiger charge is 2.14. The van der Waals surface area contributed by atoms with Crippen LogP contribution in [0.4, 0.5) is 4.39 Å². The molecule has 0 atom stereocenters. The van der Waals surface area contributed by atoms with Crippen LogP contribution in [-0.4, -0.2) is 22.3 Å². The van der Waals surface area contributed by atoms with Crippen molar-refractivity contribution in [3.63, 3.8) is 0 Å². The summed E-state index contributed by atoms with van der Waals surface area (Å²) in [5, 5.41) is 6.83. The van der Waals surface area contributed by atoms with E-state index >= 15 is 0 Å². The summed E-state index contributed by atoms with van der Waals surface area (Å²) in [6.07, 6.45) is 1.87. The van der Waals surface area contributed by atoms with E-state index in [9.17, 15) is 9.18 Å². The van der Waals surface area contributed by atoms with Gasteiger partial charge in [-0.25, -0.2) is 4.39 Å². The first kappa shape index (κ1) is 17.7. The molecule has 1 amide bonds. The molecule has 1 N–H and O–H groups in total. The van der Waals surface area contributed by atoms with Gasteiger partial charge in [0.05, 0.1) is 5.69 Å². The van der Waals surface area contributed by atoms with Gasteiger partial charge in [-0.2, -0.15) is 5.10 Å². The fraction of sp³-hybridized carbons (Fsp3) is 0.333. The van der Waals surface area contributed by atoms with Crippen molar-refractivity contribution in [3.8, 4) is 5.75 Å². The molecule has 1 aromatic carbocycles. The number of nitrogens with zero attached hydrogens (tertiary/aromatic N) is 2. The average molecular weight is 331 g/mol. The van der Waals surface area contributed by atoms with Crippen LogP contribution in [0.1, 0.15) is 35.6 Å². The minimum atomic E-state index is -0.457. The second kappa shape index (κ2) is 7.77. The number of allylic oxidation sites excluding steroid dienone is 1. The van der Waals surface area contributed by atoms with E-state index in [-0.39, 0.29) is 18.2 Å². The van der Waals surface area contributed by atoms with Crippen LogP contribution in [-0.2, 0) is 13.6 Å². The Morgan fingerprint density at radius 3 is 2.79 bits per heavy atom. The van der Waals surface area contributed by atoms with Crippen LogP contribution in [0, 0.1) is 12.7 Å². The van der Waals surface area contributed by atoms with E-state index in [0.717, 1.165) is 11.3 Å². The van der Waals surface area contributed by atoms with Gasteiger partial charge >= 0.3 is 0 Å². The number of rotatable bonds is 6. The van der Waals surface area contributed by atoms with E-state index in [1.54, 1.807) is 31.3 Å². The van der Waals surface area contributed by atoms with E-state index in [1.165, 1.54) is 4.68 Å². The monoisotopic (exact) mass is 331 g/mol. The quantitative estimate of drug-likeness (QED) is 0.827. The normalized spacial score (nSPS) is 10.4. The van der Waals surface area contributed by atoms with Crippen LogP contribution in [0.2, 0.25) is 0 Å². The molecule has 0 spiro atoms. The van der Waals surface area contributed by atoms with E-state index in [1.807, 2.05) is 26.8 Å². The highest BCUT2D eigenvalue weighted by molar-refractivity contribution is 5.92. The summed E-state index contributed by atoms with van der Waals surface area (Å²) in [4.78, 5) is 12.2. The molecule has 1 aromatic heterocycles. The molecule has 0 aliphatic carbocycles. The van der Waals surface area contributed by atoms with E-state index < -0.39 is 5.82 Å². The molecule has 0 aliphatic rings. The molecule has 0 saturated carbocycles. The molecule has 0 bridgehead atoms. The van der Waals surface area contributed by atoms with Crippen LogP contribution in [0.3, 0.4) is 0 Å². The third-order valence-electron chi connectivity index (χ3n) is 3.45. The van der Waals surface area contributed by atoms with Gasteiger partial charge in [-0.1, -0.05) is 17.7 Å². The summed E-state index contributed by atoms with van der Waals surface area (Å²) < 4.78 is 21.3. The number of carbonyl (C=O) groups is 1. The number of halogens is 1. The van der Waals surface area contributed by atoms with Crippen molar-refractivity contribution in [2.24, 2.45) is 7.05 Å².